The summed E-state index contributed by atoms with van der Waals surface area (Å²) in [5.41, 5.74) is 1.20. The molecule has 7 heteroatoms. The van der Waals surface area contributed by atoms with Gasteiger partial charge in [-0.1, -0.05) is 11.6 Å². The molecule has 1 fully saturated rings. The molecule has 1 aliphatic heterocycles. The van der Waals surface area contributed by atoms with Gasteiger partial charge in [-0.2, -0.15) is 0 Å². The van der Waals surface area contributed by atoms with Crippen LogP contribution in [0, 0.1) is 0 Å². The SMILES string of the molecule is O=C(c1cnc2c(c1)c(Cl)c[n]2[Al])N1CCC(F)CC1. The maximum absolute atomic E-state index is 13.1. The van der Waals surface area contributed by atoms with E-state index in [4.69, 9.17) is 11.6 Å². The number of carbonyl (C=O) groups is 1. The van der Waals surface area contributed by atoms with Crippen LogP contribution < -0.4 is 0 Å². The Balaban J connectivity index is 1.90. The lowest BCUT2D eigenvalue weighted by molar-refractivity contribution is 0.0667. The standard InChI is InChI=1S/C13H13ClFN3O.Al/c14-11-7-17-12-10(11)5-8(6-16-12)13(19)18-3-1-9(15)2-4-18;/h5-7,9H,1-4H2,(H,16,17,19);/q;+1/p-1. The molecule has 1 aliphatic rings. The minimum absolute atomic E-state index is 0.112. The van der Waals surface area contributed by atoms with Crippen LogP contribution in [0.1, 0.15) is 23.2 Å². The van der Waals surface area contributed by atoms with Crippen molar-refractivity contribution in [1.29, 1.82) is 0 Å². The number of hydrogen-bond donors (Lipinski definition) is 0. The highest BCUT2D eigenvalue weighted by molar-refractivity contribution is 6.36. The van der Waals surface area contributed by atoms with Gasteiger partial charge in [-0.3, -0.25) is 4.79 Å². The maximum atomic E-state index is 13.1. The van der Waals surface area contributed by atoms with Crippen LogP contribution in [0.2, 0.25) is 5.02 Å². The molecule has 0 unspecified atom stereocenters. The highest BCUT2D eigenvalue weighted by Crippen LogP contribution is 2.25. The van der Waals surface area contributed by atoms with Crippen molar-refractivity contribution in [2.24, 2.45) is 0 Å². The third-order valence-corrected chi connectivity index (χ3v) is 4.27. The zero-order chi connectivity index (χ0) is 14.3. The number of amides is 1. The summed E-state index contributed by atoms with van der Waals surface area (Å²) in [6, 6.07) is 1.75. The van der Waals surface area contributed by atoms with Gasteiger partial charge in [-0.05, 0) is 25.1 Å². The lowest BCUT2D eigenvalue weighted by Gasteiger charge is -2.28. The summed E-state index contributed by atoms with van der Waals surface area (Å²) in [7, 11) is 0. The Labute approximate surface area is 129 Å². The van der Waals surface area contributed by atoms with Crippen molar-refractivity contribution in [3.8, 4) is 0 Å². The number of piperidine rings is 1. The van der Waals surface area contributed by atoms with Gasteiger partial charge in [0.05, 0.1) is 10.6 Å². The monoisotopic (exact) mass is 307 g/mol. The molecule has 2 aromatic heterocycles. The van der Waals surface area contributed by atoms with Crippen LogP contribution in [0.5, 0.6) is 0 Å². The molecule has 4 nitrogen and oxygen atoms in total. The summed E-state index contributed by atoms with van der Waals surface area (Å²) in [4.78, 5) is 18.3. The molecule has 3 rings (SSSR count). The summed E-state index contributed by atoms with van der Waals surface area (Å²) < 4.78 is 14.9. The van der Waals surface area contributed by atoms with E-state index in [2.05, 4.69) is 21.5 Å². The van der Waals surface area contributed by atoms with Crippen LogP contribution in [0.4, 0.5) is 4.39 Å². The Morgan fingerprint density at radius 3 is 2.85 bits per heavy atom. The molecule has 2 aromatic rings. The zero-order valence-electron chi connectivity index (χ0n) is 10.7. The van der Waals surface area contributed by atoms with Crippen LogP contribution >= 0.6 is 11.6 Å². The van der Waals surface area contributed by atoms with Gasteiger partial charge in [0.2, 0.25) is 0 Å². The van der Waals surface area contributed by atoms with Gasteiger partial charge in [0, 0.05) is 24.7 Å². The number of halogens is 2. The molecule has 0 atom stereocenters. The first-order valence-corrected chi connectivity index (χ1v) is 7.30. The van der Waals surface area contributed by atoms with Crippen molar-refractivity contribution in [3.63, 3.8) is 0 Å². The van der Waals surface area contributed by atoms with Gasteiger partial charge in [0.1, 0.15) is 11.8 Å². The highest BCUT2D eigenvalue weighted by atomic mass is 35.5. The van der Waals surface area contributed by atoms with Gasteiger partial charge in [0.25, 0.3) is 5.91 Å². The van der Waals surface area contributed by atoms with Gasteiger partial charge in [0.15, 0.2) is 0 Å². The van der Waals surface area contributed by atoms with Gasteiger partial charge in [-0.15, -0.1) is 0 Å². The molecule has 3 heterocycles. The zero-order valence-corrected chi connectivity index (χ0v) is 12.6. The van der Waals surface area contributed by atoms with Crippen molar-refractivity contribution in [1.82, 2.24) is 13.4 Å². The Kier molecular flexibility index (Phi) is 3.72. The number of carbonyl (C=O) groups excluding carboxylic acids is 1. The first kappa shape index (κ1) is 13.9. The number of rotatable bonds is 1. The minimum atomic E-state index is -0.791. The molecular formula is C13H12AlClFN3O. The van der Waals surface area contributed by atoms with Crippen LogP contribution in [0.25, 0.3) is 11.0 Å². The van der Waals surface area contributed by atoms with Crippen LogP contribution in [-0.4, -0.2) is 55.1 Å². The Bertz CT molecular complexity index is 667. The molecule has 0 N–H and O–H groups in total. The molecule has 1 amide bonds. The number of hydrogen-bond acceptors (Lipinski definition) is 2. The first-order chi connectivity index (χ1) is 9.56. The summed E-state index contributed by atoms with van der Waals surface area (Å²) in [5, 5.41) is 1.30. The van der Waals surface area contributed by atoms with Gasteiger partial charge >= 0.3 is 16.5 Å². The smallest absolute Gasteiger partial charge is 0.319 e. The predicted octanol–water partition coefficient (Wildman–Crippen LogP) is 2.20. The first-order valence-electron chi connectivity index (χ1n) is 6.41. The third-order valence-electron chi connectivity index (χ3n) is 3.58. The van der Waals surface area contributed by atoms with Crippen molar-refractivity contribution in [3.05, 3.63) is 29.0 Å². The summed E-state index contributed by atoms with van der Waals surface area (Å²) in [5.74, 6) is -0.112. The lowest BCUT2D eigenvalue weighted by atomic mass is 10.1. The molecule has 0 aliphatic carbocycles. The number of alkyl halides is 1. The molecule has 20 heavy (non-hydrogen) atoms. The van der Waals surface area contributed by atoms with E-state index in [1.165, 1.54) is 0 Å². The Hall–Kier alpha value is -1.09. The topological polar surface area (TPSA) is 38.1 Å². The molecule has 0 saturated carbocycles. The summed E-state index contributed by atoms with van der Waals surface area (Å²) >= 11 is 8.61. The van der Waals surface area contributed by atoms with E-state index in [0.29, 0.717) is 42.2 Å². The number of aromatic nitrogens is 2. The normalized spacial score (nSPS) is 16.8. The molecule has 2 radical (unpaired) electrons. The molecule has 102 valence electrons. The van der Waals surface area contributed by atoms with Crippen molar-refractivity contribution in [2.75, 3.05) is 13.1 Å². The van der Waals surface area contributed by atoms with Crippen LogP contribution in [-0.2, 0) is 0 Å². The average molecular weight is 308 g/mol. The van der Waals surface area contributed by atoms with E-state index in [0.717, 1.165) is 5.39 Å². The van der Waals surface area contributed by atoms with Gasteiger partial charge < -0.3 is 8.45 Å². The van der Waals surface area contributed by atoms with E-state index in [1.807, 2.05) is 0 Å². The number of pyridine rings is 1. The number of fused-ring (bicyclic) bond motifs is 1. The fourth-order valence-corrected chi connectivity index (χ4v) is 3.14. The molecule has 0 spiro atoms. The number of likely N-dealkylation sites (tertiary alicyclic amines) is 1. The van der Waals surface area contributed by atoms with Crippen molar-refractivity contribution >= 4 is 45.1 Å². The lowest BCUT2D eigenvalue weighted by Crippen LogP contribution is -2.39. The second kappa shape index (κ2) is 5.36. The van der Waals surface area contributed by atoms with E-state index >= 15 is 0 Å². The van der Waals surface area contributed by atoms with E-state index in [9.17, 15) is 9.18 Å². The second-order valence-corrected chi connectivity index (χ2v) is 5.91. The fourth-order valence-electron chi connectivity index (χ4n) is 2.44. The van der Waals surface area contributed by atoms with Crippen LogP contribution in [0.3, 0.4) is 0 Å². The Morgan fingerprint density at radius 2 is 2.15 bits per heavy atom. The predicted molar refractivity (Wildman–Crippen MR) is 75.9 cm³/mol. The number of nitrogens with zero attached hydrogens (tertiary/aromatic N) is 3. The Morgan fingerprint density at radius 1 is 1.45 bits per heavy atom. The molecule has 1 saturated heterocycles. The molecular weight excluding hydrogens is 296 g/mol. The maximum Gasteiger partial charge on any atom is 0.319 e. The summed E-state index contributed by atoms with van der Waals surface area (Å²) in [6.07, 6.45) is 3.30. The van der Waals surface area contributed by atoms with Gasteiger partial charge in [-0.25, -0.2) is 9.37 Å². The van der Waals surface area contributed by atoms with E-state index in [1.54, 1.807) is 26.9 Å². The van der Waals surface area contributed by atoms with E-state index in [-0.39, 0.29) is 5.91 Å². The average Bonchev–Trinajstić information content (AvgIpc) is 2.74. The van der Waals surface area contributed by atoms with Crippen LogP contribution in [0.15, 0.2) is 18.5 Å². The highest BCUT2D eigenvalue weighted by Gasteiger charge is 2.23. The second-order valence-electron chi connectivity index (χ2n) is 4.95. The van der Waals surface area contributed by atoms with E-state index < -0.39 is 6.17 Å². The summed E-state index contributed by atoms with van der Waals surface area (Å²) in [6.45, 7) is 0.910. The molecule has 0 bridgehead atoms. The fraction of sp³-hybridized carbons (Fsp3) is 0.385. The molecule has 0 aromatic carbocycles. The van der Waals surface area contributed by atoms with Crippen molar-refractivity contribution in [2.45, 2.75) is 19.0 Å². The minimum Gasteiger partial charge on any atom is -0.442 e. The van der Waals surface area contributed by atoms with Crippen molar-refractivity contribution < 1.29 is 9.18 Å². The quantitative estimate of drug-likeness (QED) is 0.758. The largest absolute Gasteiger partial charge is 0.442 e. The third kappa shape index (κ3) is 2.44.